The number of hydrogen-bond acceptors (Lipinski definition) is 5. The number of hydrogen-bond donors (Lipinski definition) is 0. The number of carbonyl (C=O) groups is 2. The van der Waals surface area contributed by atoms with E-state index in [1.54, 1.807) is 12.1 Å². The molecule has 0 aromatic carbocycles. The highest BCUT2D eigenvalue weighted by Gasteiger charge is 2.17. The van der Waals surface area contributed by atoms with Crippen molar-refractivity contribution in [2.24, 2.45) is 0 Å². The Morgan fingerprint density at radius 1 is 1.12 bits per heavy atom. The Labute approximate surface area is 91.1 Å². The standard InChI is InChI=1S/C11H8N2O3/c14-8(10-3-1-6-16-10)7-9(15)11-12-4-2-5-13-11/h1-6H,7H2. The summed E-state index contributed by atoms with van der Waals surface area (Å²) in [4.78, 5) is 30.6. The summed E-state index contributed by atoms with van der Waals surface area (Å²) in [5, 5.41) is 0. The van der Waals surface area contributed by atoms with Gasteiger partial charge in [-0.3, -0.25) is 9.59 Å². The lowest BCUT2D eigenvalue weighted by molar-refractivity contribution is 0.0872. The number of rotatable bonds is 4. The van der Waals surface area contributed by atoms with Gasteiger partial charge in [0.15, 0.2) is 11.6 Å². The van der Waals surface area contributed by atoms with Crippen LogP contribution < -0.4 is 0 Å². The third-order valence-electron chi connectivity index (χ3n) is 1.93. The predicted octanol–water partition coefficient (Wildman–Crippen LogP) is 1.53. The molecule has 0 spiro atoms. The third kappa shape index (κ3) is 2.20. The maximum atomic E-state index is 11.6. The summed E-state index contributed by atoms with van der Waals surface area (Å²) in [6.45, 7) is 0. The van der Waals surface area contributed by atoms with Gasteiger partial charge in [-0.05, 0) is 18.2 Å². The number of aromatic nitrogens is 2. The van der Waals surface area contributed by atoms with Crippen LogP contribution in [0.15, 0.2) is 41.3 Å². The molecule has 0 radical (unpaired) electrons. The van der Waals surface area contributed by atoms with Crippen LogP contribution in [0.25, 0.3) is 0 Å². The molecule has 5 nitrogen and oxygen atoms in total. The second-order valence-electron chi connectivity index (χ2n) is 3.07. The zero-order valence-corrected chi connectivity index (χ0v) is 8.29. The summed E-state index contributed by atoms with van der Waals surface area (Å²) in [6, 6.07) is 4.71. The molecule has 0 aliphatic heterocycles. The first-order chi connectivity index (χ1) is 7.77. The molecule has 5 heteroatoms. The molecule has 2 heterocycles. The first-order valence-electron chi connectivity index (χ1n) is 4.64. The van der Waals surface area contributed by atoms with Gasteiger partial charge in [-0.25, -0.2) is 9.97 Å². The van der Waals surface area contributed by atoms with Crippen molar-refractivity contribution in [3.05, 3.63) is 48.4 Å². The molecule has 0 amide bonds. The minimum atomic E-state index is -0.415. The largest absolute Gasteiger partial charge is 0.461 e. The zero-order chi connectivity index (χ0) is 11.4. The van der Waals surface area contributed by atoms with E-state index in [4.69, 9.17) is 4.42 Å². The van der Waals surface area contributed by atoms with E-state index in [1.807, 2.05) is 0 Å². The van der Waals surface area contributed by atoms with Crippen molar-refractivity contribution in [1.82, 2.24) is 9.97 Å². The van der Waals surface area contributed by atoms with Crippen molar-refractivity contribution < 1.29 is 14.0 Å². The first kappa shape index (κ1) is 10.2. The molecule has 0 bridgehead atoms. The summed E-state index contributed by atoms with van der Waals surface area (Å²) in [5.74, 6) is -0.573. The van der Waals surface area contributed by atoms with Gasteiger partial charge in [-0.15, -0.1) is 0 Å². The van der Waals surface area contributed by atoms with Crippen molar-refractivity contribution >= 4 is 11.6 Å². The van der Waals surface area contributed by atoms with Crippen LogP contribution in [0.2, 0.25) is 0 Å². The minimum Gasteiger partial charge on any atom is -0.461 e. The van der Waals surface area contributed by atoms with Crippen LogP contribution in [0.1, 0.15) is 27.6 Å². The molecule has 0 N–H and O–H groups in total. The zero-order valence-electron chi connectivity index (χ0n) is 8.29. The molecule has 0 fully saturated rings. The second-order valence-corrected chi connectivity index (χ2v) is 3.07. The van der Waals surface area contributed by atoms with Gasteiger partial charge in [-0.2, -0.15) is 0 Å². The van der Waals surface area contributed by atoms with Crippen LogP contribution in [0.5, 0.6) is 0 Å². The van der Waals surface area contributed by atoms with Crippen LogP contribution in [-0.4, -0.2) is 21.5 Å². The van der Waals surface area contributed by atoms with Gasteiger partial charge in [0, 0.05) is 12.4 Å². The van der Waals surface area contributed by atoms with Crippen LogP contribution >= 0.6 is 0 Å². The van der Waals surface area contributed by atoms with E-state index >= 15 is 0 Å². The van der Waals surface area contributed by atoms with E-state index < -0.39 is 5.78 Å². The highest BCUT2D eigenvalue weighted by Crippen LogP contribution is 2.06. The van der Waals surface area contributed by atoms with Crippen molar-refractivity contribution in [2.45, 2.75) is 6.42 Å². The molecule has 2 rings (SSSR count). The average molecular weight is 216 g/mol. The van der Waals surface area contributed by atoms with E-state index in [1.165, 1.54) is 24.7 Å². The van der Waals surface area contributed by atoms with Crippen LogP contribution in [0.4, 0.5) is 0 Å². The molecule has 0 aliphatic carbocycles. The Kier molecular flexibility index (Phi) is 2.86. The SMILES string of the molecule is O=C(CC(=O)c1ccco1)c1ncccn1. The summed E-state index contributed by atoms with van der Waals surface area (Å²) in [5.41, 5.74) is 0. The topological polar surface area (TPSA) is 73.1 Å². The van der Waals surface area contributed by atoms with Gasteiger partial charge in [0.1, 0.15) is 0 Å². The molecule has 0 saturated carbocycles. The Hall–Kier alpha value is -2.30. The maximum absolute atomic E-state index is 11.6. The molecule has 16 heavy (non-hydrogen) atoms. The molecule has 2 aromatic rings. The molecular weight excluding hydrogens is 208 g/mol. The summed E-state index contributed by atoms with van der Waals surface area (Å²) in [7, 11) is 0. The van der Waals surface area contributed by atoms with E-state index in [9.17, 15) is 9.59 Å². The smallest absolute Gasteiger partial charge is 0.207 e. The third-order valence-corrected chi connectivity index (χ3v) is 1.93. The van der Waals surface area contributed by atoms with Crippen molar-refractivity contribution in [3.63, 3.8) is 0 Å². The average Bonchev–Trinajstić information content (AvgIpc) is 2.83. The molecule has 0 atom stereocenters. The van der Waals surface area contributed by atoms with Gasteiger partial charge in [-0.1, -0.05) is 0 Å². The summed E-state index contributed by atoms with van der Waals surface area (Å²) in [6.07, 6.45) is 4.02. The van der Waals surface area contributed by atoms with Gasteiger partial charge in [0.2, 0.25) is 11.6 Å². The Balaban J connectivity index is 2.06. The number of nitrogens with zero attached hydrogens (tertiary/aromatic N) is 2. The molecule has 0 saturated heterocycles. The van der Waals surface area contributed by atoms with Crippen LogP contribution in [0.3, 0.4) is 0 Å². The summed E-state index contributed by atoms with van der Waals surface area (Å²) >= 11 is 0. The lowest BCUT2D eigenvalue weighted by Crippen LogP contribution is -2.10. The molecular formula is C11H8N2O3. The fourth-order valence-electron chi connectivity index (χ4n) is 1.19. The predicted molar refractivity (Wildman–Crippen MR) is 54.0 cm³/mol. The van der Waals surface area contributed by atoms with Crippen LogP contribution in [-0.2, 0) is 0 Å². The Bertz CT molecular complexity index is 491. The van der Waals surface area contributed by atoms with E-state index in [0.29, 0.717) is 0 Å². The van der Waals surface area contributed by atoms with Crippen molar-refractivity contribution in [1.29, 1.82) is 0 Å². The fourth-order valence-corrected chi connectivity index (χ4v) is 1.19. The van der Waals surface area contributed by atoms with Gasteiger partial charge in [0.05, 0.1) is 12.7 Å². The molecule has 0 aliphatic rings. The second kappa shape index (κ2) is 4.48. The highest BCUT2D eigenvalue weighted by molar-refractivity contribution is 6.11. The lowest BCUT2D eigenvalue weighted by atomic mass is 10.1. The van der Waals surface area contributed by atoms with E-state index in [-0.39, 0.29) is 23.8 Å². The van der Waals surface area contributed by atoms with Gasteiger partial charge in [0.25, 0.3) is 0 Å². The quantitative estimate of drug-likeness (QED) is 0.572. The number of furan rings is 1. The van der Waals surface area contributed by atoms with Crippen LogP contribution in [0, 0.1) is 0 Å². The molecule has 0 unspecified atom stereocenters. The van der Waals surface area contributed by atoms with Gasteiger partial charge >= 0.3 is 0 Å². The number of ketones is 2. The lowest BCUT2D eigenvalue weighted by Gasteiger charge is -1.96. The van der Waals surface area contributed by atoms with Crippen molar-refractivity contribution in [2.75, 3.05) is 0 Å². The Morgan fingerprint density at radius 2 is 1.88 bits per heavy atom. The van der Waals surface area contributed by atoms with Gasteiger partial charge < -0.3 is 4.42 Å². The van der Waals surface area contributed by atoms with Crippen molar-refractivity contribution in [3.8, 4) is 0 Å². The normalized spacial score (nSPS) is 10.0. The molecule has 80 valence electrons. The number of carbonyl (C=O) groups excluding carboxylic acids is 2. The fraction of sp³-hybridized carbons (Fsp3) is 0.0909. The molecule has 2 aromatic heterocycles. The highest BCUT2D eigenvalue weighted by atomic mass is 16.3. The van der Waals surface area contributed by atoms with E-state index in [2.05, 4.69) is 9.97 Å². The van der Waals surface area contributed by atoms with E-state index in [0.717, 1.165) is 0 Å². The summed E-state index contributed by atoms with van der Waals surface area (Å²) < 4.78 is 4.89. The monoisotopic (exact) mass is 216 g/mol. The first-order valence-corrected chi connectivity index (χ1v) is 4.64. The minimum absolute atomic E-state index is 0.0439. The Morgan fingerprint density at radius 3 is 2.50 bits per heavy atom. The maximum Gasteiger partial charge on any atom is 0.207 e. The number of Topliss-reactive ketones (excluding diaryl/α,β-unsaturated/α-hetero) is 2.